The standard InChI is InChI=1S/C15H16N4OS/c1-19(9-4-8-16)14(20)7-10-21-15-12-5-2-3-6-13(12)17-11-18-15/h2-3,5-6,11H,4,7,9-10H2,1H3. The Hall–Kier alpha value is -2.13. The molecule has 21 heavy (non-hydrogen) atoms. The quantitative estimate of drug-likeness (QED) is 0.605. The first-order valence-electron chi connectivity index (χ1n) is 6.66. The van der Waals surface area contributed by atoms with Crippen LogP contribution >= 0.6 is 11.8 Å². The van der Waals surface area contributed by atoms with Crippen molar-refractivity contribution < 1.29 is 4.79 Å². The van der Waals surface area contributed by atoms with E-state index in [1.165, 1.54) is 0 Å². The summed E-state index contributed by atoms with van der Waals surface area (Å²) in [5, 5.41) is 10.4. The zero-order valence-electron chi connectivity index (χ0n) is 11.8. The van der Waals surface area contributed by atoms with Gasteiger partial charge in [-0.05, 0) is 6.07 Å². The number of benzene rings is 1. The second-order valence-electron chi connectivity index (χ2n) is 4.52. The molecule has 0 bridgehead atoms. The third-order valence-corrected chi connectivity index (χ3v) is 4.05. The summed E-state index contributed by atoms with van der Waals surface area (Å²) in [6.07, 6.45) is 2.35. The molecule has 0 fully saturated rings. The lowest BCUT2D eigenvalue weighted by Gasteiger charge is -2.15. The minimum absolute atomic E-state index is 0.0520. The van der Waals surface area contributed by atoms with E-state index in [0.717, 1.165) is 15.9 Å². The molecule has 1 aromatic carbocycles. The molecule has 0 atom stereocenters. The summed E-state index contributed by atoms with van der Waals surface area (Å²) in [6.45, 7) is 0.483. The Labute approximate surface area is 128 Å². The molecular weight excluding hydrogens is 284 g/mol. The molecule has 0 aliphatic rings. The van der Waals surface area contributed by atoms with E-state index in [1.807, 2.05) is 30.3 Å². The Kier molecular flexibility index (Phi) is 5.52. The predicted molar refractivity (Wildman–Crippen MR) is 82.7 cm³/mol. The van der Waals surface area contributed by atoms with Crippen molar-refractivity contribution in [3.63, 3.8) is 0 Å². The molecule has 0 aliphatic carbocycles. The first-order chi connectivity index (χ1) is 10.2. The van der Waals surface area contributed by atoms with Gasteiger partial charge < -0.3 is 4.90 Å². The van der Waals surface area contributed by atoms with Crippen LogP contribution < -0.4 is 0 Å². The normalized spacial score (nSPS) is 10.3. The highest BCUT2D eigenvalue weighted by Crippen LogP contribution is 2.24. The highest BCUT2D eigenvalue weighted by molar-refractivity contribution is 7.99. The first kappa shape index (κ1) is 15.3. The Morgan fingerprint density at radius 3 is 3.00 bits per heavy atom. The van der Waals surface area contributed by atoms with Gasteiger partial charge in [0.1, 0.15) is 11.4 Å². The molecule has 1 heterocycles. The average Bonchev–Trinajstić information content (AvgIpc) is 2.52. The van der Waals surface area contributed by atoms with Crippen LogP contribution in [0, 0.1) is 11.3 Å². The van der Waals surface area contributed by atoms with E-state index < -0.39 is 0 Å². The van der Waals surface area contributed by atoms with Crippen LogP contribution in [0.1, 0.15) is 12.8 Å². The van der Waals surface area contributed by atoms with E-state index in [1.54, 1.807) is 30.0 Å². The first-order valence-corrected chi connectivity index (χ1v) is 7.64. The predicted octanol–water partition coefficient (Wildman–Crippen LogP) is 2.48. The maximum atomic E-state index is 11.9. The van der Waals surface area contributed by atoms with Crippen LogP contribution in [0.2, 0.25) is 0 Å². The summed E-state index contributed by atoms with van der Waals surface area (Å²) in [5.41, 5.74) is 0.910. The van der Waals surface area contributed by atoms with Gasteiger partial charge in [-0.2, -0.15) is 5.26 Å². The Bertz CT molecular complexity index is 663. The molecule has 2 rings (SSSR count). The van der Waals surface area contributed by atoms with Crippen molar-refractivity contribution in [3.8, 4) is 6.07 Å². The number of hydrogen-bond acceptors (Lipinski definition) is 5. The highest BCUT2D eigenvalue weighted by atomic mass is 32.2. The molecule has 0 saturated carbocycles. The van der Waals surface area contributed by atoms with E-state index in [2.05, 4.69) is 9.97 Å². The number of carbonyl (C=O) groups excluding carboxylic acids is 1. The van der Waals surface area contributed by atoms with E-state index in [9.17, 15) is 4.79 Å². The highest BCUT2D eigenvalue weighted by Gasteiger charge is 2.09. The van der Waals surface area contributed by atoms with Crippen LogP contribution in [0.3, 0.4) is 0 Å². The fourth-order valence-electron chi connectivity index (χ4n) is 1.86. The van der Waals surface area contributed by atoms with Crippen molar-refractivity contribution in [2.75, 3.05) is 19.3 Å². The second kappa shape index (κ2) is 7.60. The van der Waals surface area contributed by atoms with Gasteiger partial charge in [0, 0.05) is 31.2 Å². The maximum absolute atomic E-state index is 11.9. The van der Waals surface area contributed by atoms with Crippen LogP contribution in [0.4, 0.5) is 0 Å². The number of aromatic nitrogens is 2. The third-order valence-electron chi connectivity index (χ3n) is 3.05. The topological polar surface area (TPSA) is 69.9 Å². The third kappa shape index (κ3) is 4.17. The van der Waals surface area contributed by atoms with Crippen LogP contribution in [0.5, 0.6) is 0 Å². The minimum Gasteiger partial charge on any atom is -0.345 e. The zero-order chi connectivity index (χ0) is 15.1. The van der Waals surface area contributed by atoms with E-state index >= 15 is 0 Å². The Morgan fingerprint density at radius 1 is 1.38 bits per heavy atom. The number of thioether (sulfide) groups is 1. The number of rotatable bonds is 6. The second-order valence-corrected chi connectivity index (χ2v) is 5.60. The molecule has 0 saturated heterocycles. The van der Waals surface area contributed by atoms with Crippen molar-refractivity contribution in [2.45, 2.75) is 17.9 Å². The molecule has 1 aromatic heterocycles. The largest absolute Gasteiger partial charge is 0.345 e. The van der Waals surface area contributed by atoms with Gasteiger partial charge in [0.05, 0.1) is 18.0 Å². The number of nitriles is 1. The van der Waals surface area contributed by atoms with Crippen LogP contribution in [0.25, 0.3) is 10.9 Å². The molecule has 0 radical (unpaired) electrons. The van der Waals surface area contributed by atoms with Gasteiger partial charge in [0.15, 0.2) is 0 Å². The van der Waals surface area contributed by atoms with Gasteiger partial charge in [-0.1, -0.05) is 18.2 Å². The van der Waals surface area contributed by atoms with Gasteiger partial charge in [-0.25, -0.2) is 9.97 Å². The summed E-state index contributed by atoms with van der Waals surface area (Å²) in [7, 11) is 1.73. The van der Waals surface area contributed by atoms with Gasteiger partial charge in [-0.3, -0.25) is 4.79 Å². The summed E-state index contributed by atoms with van der Waals surface area (Å²) < 4.78 is 0. The SMILES string of the molecule is CN(CCC#N)C(=O)CCSc1ncnc2ccccc12. The average molecular weight is 300 g/mol. The van der Waals surface area contributed by atoms with Gasteiger partial charge in [0.25, 0.3) is 0 Å². The number of amides is 1. The fourth-order valence-corrected chi connectivity index (χ4v) is 2.78. The number of para-hydroxylation sites is 1. The smallest absolute Gasteiger partial charge is 0.223 e. The number of fused-ring (bicyclic) bond motifs is 1. The summed E-state index contributed by atoms with van der Waals surface area (Å²) in [4.78, 5) is 22.0. The monoisotopic (exact) mass is 300 g/mol. The van der Waals surface area contributed by atoms with E-state index in [4.69, 9.17) is 5.26 Å². The van der Waals surface area contributed by atoms with Gasteiger partial charge >= 0.3 is 0 Å². The molecule has 0 aliphatic heterocycles. The molecule has 0 unspecified atom stereocenters. The number of carbonyl (C=O) groups is 1. The Balaban J connectivity index is 1.91. The van der Waals surface area contributed by atoms with Crippen LogP contribution in [-0.2, 0) is 4.79 Å². The molecule has 6 heteroatoms. The zero-order valence-corrected chi connectivity index (χ0v) is 12.6. The van der Waals surface area contributed by atoms with Crippen molar-refractivity contribution >= 4 is 28.6 Å². The lowest BCUT2D eigenvalue weighted by Crippen LogP contribution is -2.27. The summed E-state index contributed by atoms with van der Waals surface area (Å²) in [5.74, 6) is 0.715. The fraction of sp³-hybridized carbons (Fsp3) is 0.333. The molecule has 108 valence electrons. The van der Waals surface area contributed by atoms with Crippen molar-refractivity contribution in [3.05, 3.63) is 30.6 Å². The van der Waals surface area contributed by atoms with Gasteiger partial charge in [0.2, 0.25) is 5.91 Å². The lowest BCUT2D eigenvalue weighted by atomic mass is 10.2. The van der Waals surface area contributed by atoms with Crippen molar-refractivity contribution in [1.82, 2.24) is 14.9 Å². The number of nitrogens with zero attached hydrogens (tertiary/aromatic N) is 4. The van der Waals surface area contributed by atoms with Crippen LogP contribution in [-0.4, -0.2) is 40.1 Å². The lowest BCUT2D eigenvalue weighted by molar-refractivity contribution is -0.129. The summed E-state index contributed by atoms with van der Waals surface area (Å²) in [6, 6.07) is 9.87. The summed E-state index contributed by atoms with van der Waals surface area (Å²) >= 11 is 1.56. The Morgan fingerprint density at radius 2 is 2.19 bits per heavy atom. The van der Waals surface area contributed by atoms with Crippen LogP contribution in [0.15, 0.2) is 35.6 Å². The maximum Gasteiger partial charge on any atom is 0.223 e. The molecule has 5 nitrogen and oxygen atoms in total. The van der Waals surface area contributed by atoms with Crippen molar-refractivity contribution in [1.29, 1.82) is 5.26 Å². The molecule has 2 aromatic rings. The van der Waals surface area contributed by atoms with Gasteiger partial charge in [-0.15, -0.1) is 11.8 Å². The van der Waals surface area contributed by atoms with E-state index in [0.29, 0.717) is 25.1 Å². The molecule has 0 N–H and O–H groups in total. The minimum atomic E-state index is 0.0520. The molecule has 0 spiro atoms. The van der Waals surface area contributed by atoms with Crippen molar-refractivity contribution in [2.24, 2.45) is 0 Å². The molecule has 1 amide bonds. The van der Waals surface area contributed by atoms with E-state index in [-0.39, 0.29) is 5.91 Å². The number of hydrogen-bond donors (Lipinski definition) is 0. The molecular formula is C15H16N4OS.